The lowest BCUT2D eigenvalue weighted by molar-refractivity contribution is -0.141. The lowest BCUT2D eigenvalue weighted by Crippen LogP contribution is -2.47. The quantitative estimate of drug-likeness (QED) is 0.841. The van der Waals surface area contributed by atoms with E-state index in [9.17, 15) is 14.3 Å². The van der Waals surface area contributed by atoms with Crippen molar-refractivity contribution < 1.29 is 19.0 Å². The molecule has 0 aliphatic rings. The Hall–Kier alpha value is -1.62. The van der Waals surface area contributed by atoms with E-state index >= 15 is 0 Å². The Morgan fingerprint density at radius 2 is 2.00 bits per heavy atom. The van der Waals surface area contributed by atoms with E-state index in [4.69, 9.17) is 4.74 Å². The summed E-state index contributed by atoms with van der Waals surface area (Å²) >= 11 is 0. The zero-order chi connectivity index (χ0) is 16.0. The zero-order valence-corrected chi connectivity index (χ0v) is 13.1. The minimum atomic E-state index is -0.984. The summed E-state index contributed by atoms with van der Waals surface area (Å²) in [5, 5.41) is 9.86. The number of hydrogen-bond acceptors (Lipinski definition) is 3. The zero-order valence-electron chi connectivity index (χ0n) is 13.1. The molecule has 21 heavy (non-hydrogen) atoms. The van der Waals surface area contributed by atoms with Crippen LogP contribution in [0.5, 0.6) is 5.75 Å². The summed E-state index contributed by atoms with van der Waals surface area (Å²) in [6.07, 6.45) is -0.334. The number of aliphatic hydroxyl groups is 1. The molecule has 118 valence electrons. The first-order chi connectivity index (χ1) is 9.78. The molecule has 0 fully saturated rings. The topological polar surface area (TPSA) is 49.8 Å². The summed E-state index contributed by atoms with van der Waals surface area (Å²) in [6, 6.07) is 6.01. The van der Waals surface area contributed by atoms with Gasteiger partial charge >= 0.3 is 0 Å². The number of carbonyl (C=O) groups is 1. The van der Waals surface area contributed by atoms with Crippen LogP contribution in [0.1, 0.15) is 34.1 Å². The highest BCUT2D eigenvalue weighted by Gasteiger charge is 2.28. The first-order valence-electron chi connectivity index (χ1n) is 7.20. The van der Waals surface area contributed by atoms with Gasteiger partial charge in [0.25, 0.3) is 5.91 Å². The van der Waals surface area contributed by atoms with Crippen molar-refractivity contribution in [2.24, 2.45) is 0 Å². The van der Waals surface area contributed by atoms with Crippen molar-refractivity contribution in [3.8, 4) is 5.75 Å². The number of benzene rings is 1. The number of amides is 1. The molecule has 0 spiro atoms. The van der Waals surface area contributed by atoms with Gasteiger partial charge in [-0.15, -0.1) is 0 Å². The largest absolute Gasteiger partial charge is 0.478 e. The van der Waals surface area contributed by atoms with Crippen molar-refractivity contribution in [3.63, 3.8) is 0 Å². The molecule has 1 rings (SSSR count). The molecule has 1 amide bonds. The van der Waals surface area contributed by atoms with Crippen LogP contribution in [0.25, 0.3) is 0 Å². The molecule has 1 atom stereocenters. The maximum atomic E-state index is 13.6. The van der Waals surface area contributed by atoms with Crippen molar-refractivity contribution in [1.82, 2.24) is 4.90 Å². The van der Waals surface area contributed by atoms with Crippen molar-refractivity contribution >= 4 is 5.91 Å². The summed E-state index contributed by atoms with van der Waals surface area (Å²) in [5.41, 5.74) is -0.984. The Kier molecular flexibility index (Phi) is 6.15. The Morgan fingerprint density at radius 1 is 1.38 bits per heavy atom. The third-order valence-corrected chi connectivity index (χ3v) is 3.02. The van der Waals surface area contributed by atoms with Crippen molar-refractivity contribution in [2.75, 3.05) is 13.1 Å². The number of para-hydroxylation sites is 1. The minimum Gasteiger partial charge on any atom is -0.478 e. The highest BCUT2D eigenvalue weighted by Crippen LogP contribution is 2.19. The van der Waals surface area contributed by atoms with Crippen LogP contribution in [-0.2, 0) is 4.79 Å². The maximum Gasteiger partial charge on any atom is 0.263 e. The summed E-state index contributed by atoms with van der Waals surface area (Å²) < 4.78 is 19.1. The van der Waals surface area contributed by atoms with Gasteiger partial charge < -0.3 is 14.7 Å². The predicted octanol–water partition coefficient (Wildman–Crippen LogP) is 2.60. The molecule has 4 nitrogen and oxygen atoms in total. The van der Waals surface area contributed by atoms with Crippen LogP contribution in [0.3, 0.4) is 0 Å². The number of nitrogens with zero attached hydrogens (tertiary/aromatic N) is 1. The Bertz CT molecular complexity index is 471. The Labute approximate surface area is 125 Å². The molecular weight excluding hydrogens is 273 g/mol. The average Bonchev–Trinajstić information content (AvgIpc) is 2.42. The summed E-state index contributed by atoms with van der Waals surface area (Å²) in [5.74, 6) is -0.670. The highest BCUT2D eigenvalue weighted by molar-refractivity contribution is 5.81. The molecule has 0 bridgehead atoms. The monoisotopic (exact) mass is 297 g/mol. The van der Waals surface area contributed by atoms with Crippen LogP contribution < -0.4 is 4.74 Å². The number of hydrogen-bond donors (Lipinski definition) is 1. The molecule has 1 N–H and O–H groups in total. The molecule has 0 radical (unpaired) electrons. The van der Waals surface area contributed by atoms with Crippen LogP contribution in [0.4, 0.5) is 4.39 Å². The van der Waals surface area contributed by atoms with Gasteiger partial charge in [0.1, 0.15) is 0 Å². The van der Waals surface area contributed by atoms with E-state index in [0.717, 1.165) is 0 Å². The predicted molar refractivity (Wildman–Crippen MR) is 79.7 cm³/mol. The number of carbonyl (C=O) groups excluding carboxylic acids is 1. The molecule has 0 saturated carbocycles. The van der Waals surface area contributed by atoms with Crippen molar-refractivity contribution in [2.45, 2.75) is 45.8 Å². The van der Waals surface area contributed by atoms with Crippen LogP contribution in [0, 0.1) is 5.82 Å². The van der Waals surface area contributed by atoms with Gasteiger partial charge in [0, 0.05) is 13.1 Å². The van der Waals surface area contributed by atoms with Crippen LogP contribution >= 0.6 is 0 Å². The Balaban J connectivity index is 2.83. The second kappa shape index (κ2) is 7.41. The minimum absolute atomic E-state index is 0.0667. The third-order valence-electron chi connectivity index (χ3n) is 3.02. The van der Waals surface area contributed by atoms with Crippen molar-refractivity contribution in [1.29, 1.82) is 0 Å². The van der Waals surface area contributed by atoms with Gasteiger partial charge in [-0.25, -0.2) is 4.39 Å². The van der Waals surface area contributed by atoms with Crippen LogP contribution in [0.2, 0.25) is 0 Å². The van der Waals surface area contributed by atoms with E-state index in [-0.39, 0.29) is 18.2 Å². The van der Waals surface area contributed by atoms with Gasteiger partial charge in [-0.3, -0.25) is 4.79 Å². The van der Waals surface area contributed by atoms with Gasteiger partial charge in [0.05, 0.1) is 5.60 Å². The van der Waals surface area contributed by atoms with Gasteiger partial charge in [-0.1, -0.05) is 19.1 Å². The maximum absolute atomic E-state index is 13.6. The van der Waals surface area contributed by atoms with Gasteiger partial charge in [0.2, 0.25) is 0 Å². The van der Waals surface area contributed by atoms with Crippen molar-refractivity contribution in [3.05, 3.63) is 30.1 Å². The molecule has 0 heterocycles. The average molecular weight is 297 g/mol. The normalized spacial score (nSPS) is 12.9. The van der Waals surface area contributed by atoms with E-state index in [1.54, 1.807) is 32.9 Å². The molecule has 1 aromatic carbocycles. The number of rotatable bonds is 7. The number of likely N-dealkylation sites (N-methyl/N-ethyl adjacent to an activating group) is 1. The molecule has 1 aromatic rings. The molecular formula is C16H24FNO3. The number of halogens is 1. The number of ether oxygens (including phenoxy) is 1. The molecule has 0 aromatic heterocycles. The molecule has 0 aliphatic heterocycles. The SMILES string of the molecule is CCC(Oc1ccccc1F)C(=O)N(CC)CC(C)(C)O. The fourth-order valence-corrected chi connectivity index (χ4v) is 2.02. The van der Waals surface area contributed by atoms with E-state index in [1.165, 1.54) is 17.0 Å². The lowest BCUT2D eigenvalue weighted by Gasteiger charge is -2.31. The van der Waals surface area contributed by atoms with Gasteiger partial charge in [0.15, 0.2) is 17.7 Å². The second-order valence-corrected chi connectivity index (χ2v) is 5.61. The molecule has 0 saturated heterocycles. The molecule has 5 heteroatoms. The van der Waals surface area contributed by atoms with E-state index in [0.29, 0.717) is 13.0 Å². The standard InChI is InChI=1S/C16H24FNO3/c1-5-13(21-14-10-8-7-9-12(14)17)15(19)18(6-2)11-16(3,4)20/h7-10,13,20H,5-6,11H2,1-4H3. The van der Waals surface area contributed by atoms with E-state index in [1.807, 2.05) is 6.92 Å². The smallest absolute Gasteiger partial charge is 0.263 e. The molecule has 1 unspecified atom stereocenters. The fourth-order valence-electron chi connectivity index (χ4n) is 2.02. The Morgan fingerprint density at radius 3 is 2.48 bits per heavy atom. The summed E-state index contributed by atoms with van der Waals surface area (Å²) in [7, 11) is 0. The van der Waals surface area contributed by atoms with Gasteiger partial charge in [-0.2, -0.15) is 0 Å². The van der Waals surface area contributed by atoms with Crippen LogP contribution in [0.15, 0.2) is 24.3 Å². The fraction of sp³-hybridized carbons (Fsp3) is 0.562. The summed E-state index contributed by atoms with van der Waals surface area (Å²) in [4.78, 5) is 14.0. The lowest BCUT2D eigenvalue weighted by atomic mass is 10.1. The first-order valence-corrected chi connectivity index (χ1v) is 7.20. The first kappa shape index (κ1) is 17.4. The van der Waals surface area contributed by atoms with Gasteiger partial charge in [-0.05, 0) is 39.3 Å². The second-order valence-electron chi connectivity index (χ2n) is 5.61. The van der Waals surface area contributed by atoms with E-state index in [2.05, 4.69) is 0 Å². The van der Waals surface area contributed by atoms with Crippen LogP contribution in [-0.4, -0.2) is 40.7 Å². The summed E-state index contributed by atoms with van der Waals surface area (Å²) in [6.45, 7) is 7.59. The highest BCUT2D eigenvalue weighted by atomic mass is 19.1. The van der Waals surface area contributed by atoms with E-state index < -0.39 is 17.5 Å². The third kappa shape index (κ3) is 5.34. The molecule has 0 aliphatic carbocycles.